The second-order valence-electron chi connectivity index (χ2n) is 4.29. The molecule has 94 valence electrons. The molecule has 0 spiro atoms. The highest BCUT2D eigenvalue weighted by Crippen LogP contribution is 2.24. The molecule has 2 nitrogen and oxygen atoms in total. The van der Waals surface area contributed by atoms with Gasteiger partial charge in [0.05, 0.1) is 6.20 Å². The molecule has 1 aromatic heterocycles. The van der Waals surface area contributed by atoms with E-state index in [1.54, 1.807) is 0 Å². The molecule has 18 heavy (non-hydrogen) atoms. The molecule has 0 bridgehead atoms. The Morgan fingerprint density at radius 3 is 2.56 bits per heavy atom. The number of hydrogen-bond donors (Lipinski definition) is 1. The topological polar surface area (TPSA) is 33.1 Å². The Hall–Kier alpha value is -1.74. The number of aliphatic hydroxyl groups is 1. The summed E-state index contributed by atoms with van der Waals surface area (Å²) in [4.78, 5) is 3.67. The van der Waals surface area contributed by atoms with E-state index in [4.69, 9.17) is 0 Å². The quantitative estimate of drug-likeness (QED) is 0.896. The first kappa shape index (κ1) is 12.7. The van der Waals surface area contributed by atoms with Crippen LogP contribution < -0.4 is 0 Å². The molecular weight excluding hydrogens is 229 g/mol. The minimum atomic E-state index is -0.941. The van der Waals surface area contributed by atoms with E-state index in [0.717, 1.165) is 19.0 Å². The van der Waals surface area contributed by atoms with Gasteiger partial charge in [-0.05, 0) is 23.6 Å². The van der Waals surface area contributed by atoms with Crippen molar-refractivity contribution in [3.8, 4) is 0 Å². The van der Waals surface area contributed by atoms with Gasteiger partial charge in [0, 0.05) is 11.8 Å². The van der Waals surface area contributed by atoms with Crippen LogP contribution in [0.3, 0.4) is 0 Å². The van der Waals surface area contributed by atoms with Gasteiger partial charge >= 0.3 is 0 Å². The first-order chi connectivity index (χ1) is 8.72. The van der Waals surface area contributed by atoms with Gasteiger partial charge in [-0.3, -0.25) is 4.98 Å². The van der Waals surface area contributed by atoms with Gasteiger partial charge in [0.2, 0.25) is 0 Å². The van der Waals surface area contributed by atoms with E-state index in [0.29, 0.717) is 5.56 Å². The maximum Gasteiger partial charge on any atom is 0.147 e. The fraction of sp³-hybridized carbons (Fsp3) is 0.267. The summed E-state index contributed by atoms with van der Waals surface area (Å²) in [5.74, 6) is -0.484. The molecule has 0 aliphatic heterocycles. The van der Waals surface area contributed by atoms with Gasteiger partial charge in [0.15, 0.2) is 0 Å². The zero-order valence-electron chi connectivity index (χ0n) is 10.3. The van der Waals surface area contributed by atoms with Crippen LogP contribution in [0.5, 0.6) is 0 Å². The molecule has 1 aromatic carbocycles. The maximum absolute atomic E-state index is 13.5. The highest BCUT2D eigenvalue weighted by atomic mass is 19.1. The van der Waals surface area contributed by atoms with Gasteiger partial charge in [-0.25, -0.2) is 4.39 Å². The lowest BCUT2D eigenvalue weighted by Gasteiger charge is -2.12. The van der Waals surface area contributed by atoms with E-state index in [1.165, 1.54) is 17.8 Å². The van der Waals surface area contributed by atoms with Crippen molar-refractivity contribution in [2.24, 2.45) is 0 Å². The largest absolute Gasteiger partial charge is 0.384 e. The lowest BCUT2D eigenvalue weighted by molar-refractivity contribution is 0.214. The minimum absolute atomic E-state index is 0.258. The number of rotatable bonds is 4. The van der Waals surface area contributed by atoms with Crippen LogP contribution in [0.2, 0.25) is 0 Å². The van der Waals surface area contributed by atoms with E-state index < -0.39 is 11.9 Å². The fourth-order valence-corrected chi connectivity index (χ4v) is 1.94. The zero-order chi connectivity index (χ0) is 13.0. The first-order valence-corrected chi connectivity index (χ1v) is 6.08. The Morgan fingerprint density at radius 2 is 1.94 bits per heavy atom. The zero-order valence-corrected chi connectivity index (χ0v) is 10.3. The number of benzene rings is 1. The Kier molecular flexibility index (Phi) is 4.05. The summed E-state index contributed by atoms with van der Waals surface area (Å²) in [5.41, 5.74) is 2.18. The minimum Gasteiger partial charge on any atom is -0.384 e. The fourth-order valence-electron chi connectivity index (χ4n) is 1.94. The first-order valence-electron chi connectivity index (χ1n) is 6.08. The molecule has 0 saturated carbocycles. The van der Waals surface area contributed by atoms with Crippen molar-refractivity contribution in [3.05, 3.63) is 65.2 Å². The van der Waals surface area contributed by atoms with Crippen molar-refractivity contribution in [2.75, 3.05) is 0 Å². The van der Waals surface area contributed by atoms with Crippen molar-refractivity contribution in [2.45, 2.75) is 25.9 Å². The van der Waals surface area contributed by atoms with Crippen molar-refractivity contribution in [1.29, 1.82) is 0 Å². The van der Waals surface area contributed by atoms with Crippen molar-refractivity contribution >= 4 is 0 Å². The lowest BCUT2D eigenvalue weighted by atomic mass is 10.00. The number of pyridine rings is 1. The van der Waals surface area contributed by atoms with Crippen molar-refractivity contribution in [1.82, 2.24) is 4.98 Å². The summed E-state index contributed by atoms with van der Waals surface area (Å²) in [6, 6.07) is 9.13. The van der Waals surface area contributed by atoms with Crippen LogP contribution in [0.15, 0.2) is 42.7 Å². The van der Waals surface area contributed by atoms with E-state index >= 15 is 0 Å². The van der Waals surface area contributed by atoms with Crippen LogP contribution in [0.1, 0.15) is 36.1 Å². The smallest absolute Gasteiger partial charge is 0.147 e. The molecule has 2 aromatic rings. The molecule has 1 unspecified atom stereocenters. The number of aromatic nitrogens is 1. The molecule has 1 N–H and O–H groups in total. The predicted octanol–water partition coefficient (Wildman–Crippen LogP) is 3.25. The average molecular weight is 245 g/mol. The number of halogens is 1. The van der Waals surface area contributed by atoms with Crippen LogP contribution in [0, 0.1) is 5.82 Å². The molecule has 3 heteroatoms. The molecule has 0 amide bonds. The SMILES string of the molecule is CCCc1ccc(C(O)c2ccncc2F)cc1. The summed E-state index contributed by atoms with van der Waals surface area (Å²) in [7, 11) is 0. The van der Waals surface area contributed by atoms with Crippen LogP contribution in [-0.4, -0.2) is 10.1 Å². The number of aliphatic hydroxyl groups excluding tert-OH is 1. The summed E-state index contributed by atoms with van der Waals surface area (Å²) in [5, 5.41) is 10.1. The Bertz CT molecular complexity index is 510. The molecule has 0 radical (unpaired) electrons. The molecule has 0 fully saturated rings. The van der Waals surface area contributed by atoms with Gasteiger partial charge in [0.25, 0.3) is 0 Å². The second kappa shape index (κ2) is 5.74. The monoisotopic (exact) mass is 245 g/mol. The van der Waals surface area contributed by atoms with Gasteiger partial charge in [-0.1, -0.05) is 37.6 Å². The molecule has 2 rings (SSSR count). The highest BCUT2D eigenvalue weighted by molar-refractivity contribution is 5.31. The summed E-state index contributed by atoms with van der Waals surface area (Å²) in [6.07, 6.45) is 3.75. The molecular formula is C15H16FNO. The van der Waals surface area contributed by atoms with E-state index in [-0.39, 0.29) is 5.56 Å². The lowest BCUT2D eigenvalue weighted by Crippen LogP contribution is -2.03. The Morgan fingerprint density at radius 1 is 1.22 bits per heavy atom. The standard InChI is InChI=1S/C15H16FNO/c1-2-3-11-4-6-12(7-5-11)15(18)13-8-9-17-10-14(13)16/h4-10,15,18H,2-3H2,1H3. The van der Waals surface area contributed by atoms with Crippen LogP contribution in [0.4, 0.5) is 4.39 Å². The van der Waals surface area contributed by atoms with Crippen molar-refractivity contribution in [3.63, 3.8) is 0 Å². The summed E-state index contributed by atoms with van der Waals surface area (Å²) in [6.45, 7) is 2.12. The van der Waals surface area contributed by atoms with Gasteiger partial charge < -0.3 is 5.11 Å². The maximum atomic E-state index is 13.5. The molecule has 1 atom stereocenters. The third kappa shape index (κ3) is 2.74. The number of hydrogen-bond acceptors (Lipinski definition) is 2. The summed E-state index contributed by atoms with van der Waals surface area (Å²) < 4.78 is 13.5. The van der Waals surface area contributed by atoms with E-state index in [2.05, 4.69) is 11.9 Å². The van der Waals surface area contributed by atoms with Gasteiger partial charge in [0.1, 0.15) is 11.9 Å². The molecule has 0 aliphatic rings. The summed E-state index contributed by atoms with van der Waals surface area (Å²) >= 11 is 0. The van der Waals surface area contributed by atoms with E-state index in [9.17, 15) is 9.50 Å². The molecule has 0 saturated heterocycles. The van der Waals surface area contributed by atoms with Crippen LogP contribution in [0.25, 0.3) is 0 Å². The molecule has 1 heterocycles. The Balaban J connectivity index is 2.23. The van der Waals surface area contributed by atoms with Crippen molar-refractivity contribution < 1.29 is 9.50 Å². The second-order valence-corrected chi connectivity index (χ2v) is 4.29. The Labute approximate surface area is 106 Å². The van der Waals surface area contributed by atoms with Gasteiger partial charge in [-0.2, -0.15) is 0 Å². The number of nitrogens with zero attached hydrogens (tertiary/aromatic N) is 1. The third-order valence-corrected chi connectivity index (χ3v) is 2.93. The van der Waals surface area contributed by atoms with Gasteiger partial charge in [-0.15, -0.1) is 0 Å². The van der Waals surface area contributed by atoms with Crippen LogP contribution >= 0.6 is 0 Å². The number of aryl methyl sites for hydroxylation is 1. The van der Waals surface area contributed by atoms with Crippen LogP contribution in [-0.2, 0) is 6.42 Å². The normalized spacial score (nSPS) is 12.4. The molecule has 0 aliphatic carbocycles. The third-order valence-electron chi connectivity index (χ3n) is 2.93. The average Bonchev–Trinajstić information content (AvgIpc) is 2.40. The van der Waals surface area contributed by atoms with E-state index in [1.807, 2.05) is 24.3 Å². The highest BCUT2D eigenvalue weighted by Gasteiger charge is 2.14. The predicted molar refractivity (Wildman–Crippen MR) is 68.7 cm³/mol.